The standard InChI is InChI=1S/C13H22N4O/c1-6-9(2)16-11-8-14-10(7-15-11)12(18)17-13(3,4)5/h7-9H,6H2,1-5H3,(H,15,16)(H,17,18). The highest BCUT2D eigenvalue weighted by Crippen LogP contribution is 2.06. The molecule has 0 aliphatic heterocycles. The zero-order chi connectivity index (χ0) is 13.8. The molecule has 1 aromatic rings. The Morgan fingerprint density at radius 3 is 2.44 bits per heavy atom. The first-order valence-corrected chi connectivity index (χ1v) is 6.23. The summed E-state index contributed by atoms with van der Waals surface area (Å²) in [6, 6.07) is 0.341. The van der Waals surface area contributed by atoms with Crippen LogP contribution in [0.15, 0.2) is 12.4 Å². The SMILES string of the molecule is CCC(C)Nc1cnc(C(=O)NC(C)(C)C)cn1. The van der Waals surface area contributed by atoms with Crippen LogP contribution in [0.2, 0.25) is 0 Å². The molecule has 0 aliphatic rings. The van der Waals surface area contributed by atoms with Gasteiger partial charge in [-0.15, -0.1) is 0 Å². The van der Waals surface area contributed by atoms with Crippen LogP contribution in [0.25, 0.3) is 0 Å². The maximum atomic E-state index is 11.8. The molecule has 1 unspecified atom stereocenters. The first-order chi connectivity index (χ1) is 8.31. The predicted molar refractivity (Wildman–Crippen MR) is 72.6 cm³/mol. The highest BCUT2D eigenvalue weighted by molar-refractivity contribution is 5.92. The van der Waals surface area contributed by atoms with Crippen molar-refractivity contribution in [1.29, 1.82) is 0 Å². The maximum absolute atomic E-state index is 11.8. The lowest BCUT2D eigenvalue weighted by molar-refractivity contribution is 0.0914. The van der Waals surface area contributed by atoms with Crippen LogP contribution in [0, 0.1) is 0 Å². The largest absolute Gasteiger partial charge is 0.366 e. The molecule has 1 rings (SSSR count). The zero-order valence-corrected chi connectivity index (χ0v) is 11.7. The summed E-state index contributed by atoms with van der Waals surface area (Å²) in [7, 11) is 0. The minimum atomic E-state index is -0.271. The van der Waals surface area contributed by atoms with Gasteiger partial charge in [-0.3, -0.25) is 4.79 Å². The molecule has 0 aromatic carbocycles. The fourth-order valence-electron chi connectivity index (χ4n) is 1.28. The highest BCUT2D eigenvalue weighted by Gasteiger charge is 2.16. The molecule has 1 atom stereocenters. The molecule has 18 heavy (non-hydrogen) atoms. The van der Waals surface area contributed by atoms with Gasteiger partial charge in [0.1, 0.15) is 11.5 Å². The quantitative estimate of drug-likeness (QED) is 0.859. The topological polar surface area (TPSA) is 66.9 Å². The number of nitrogens with zero attached hydrogens (tertiary/aromatic N) is 2. The van der Waals surface area contributed by atoms with Crippen LogP contribution in [-0.4, -0.2) is 27.5 Å². The lowest BCUT2D eigenvalue weighted by atomic mass is 10.1. The van der Waals surface area contributed by atoms with Crippen LogP contribution in [0.5, 0.6) is 0 Å². The molecule has 5 nitrogen and oxygen atoms in total. The summed E-state index contributed by atoms with van der Waals surface area (Å²) in [4.78, 5) is 20.1. The normalized spacial score (nSPS) is 12.9. The summed E-state index contributed by atoms with van der Waals surface area (Å²) in [6.45, 7) is 9.95. The smallest absolute Gasteiger partial charge is 0.271 e. The summed E-state index contributed by atoms with van der Waals surface area (Å²) < 4.78 is 0. The Balaban J connectivity index is 2.68. The Hall–Kier alpha value is -1.65. The van der Waals surface area contributed by atoms with Gasteiger partial charge in [0.2, 0.25) is 0 Å². The second-order valence-corrected chi connectivity index (χ2v) is 5.44. The molecule has 0 spiro atoms. The average molecular weight is 250 g/mol. The van der Waals surface area contributed by atoms with Crippen molar-refractivity contribution in [2.24, 2.45) is 0 Å². The molecule has 2 N–H and O–H groups in total. The number of hydrogen-bond acceptors (Lipinski definition) is 4. The van der Waals surface area contributed by atoms with Gasteiger partial charge >= 0.3 is 0 Å². The summed E-state index contributed by atoms with van der Waals surface area (Å²) >= 11 is 0. The Morgan fingerprint density at radius 1 is 1.33 bits per heavy atom. The molecular weight excluding hydrogens is 228 g/mol. The van der Waals surface area contributed by atoms with Gasteiger partial charge in [0, 0.05) is 11.6 Å². The van der Waals surface area contributed by atoms with E-state index < -0.39 is 0 Å². The van der Waals surface area contributed by atoms with Crippen molar-refractivity contribution in [1.82, 2.24) is 15.3 Å². The molecule has 1 aromatic heterocycles. The second-order valence-electron chi connectivity index (χ2n) is 5.44. The number of hydrogen-bond donors (Lipinski definition) is 2. The van der Waals surface area contributed by atoms with E-state index in [1.54, 1.807) is 6.20 Å². The minimum absolute atomic E-state index is 0.204. The average Bonchev–Trinajstić information content (AvgIpc) is 2.27. The molecular formula is C13H22N4O. The number of nitrogens with one attached hydrogen (secondary N) is 2. The summed E-state index contributed by atoms with van der Waals surface area (Å²) in [5.41, 5.74) is 0.0616. The van der Waals surface area contributed by atoms with Gasteiger partial charge < -0.3 is 10.6 Å². The molecule has 100 valence electrons. The first kappa shape index (κ1) is 14.4. The van der Waals surface area contributed by atoms with Crippen LogP contribution in [-0.2, 0) is 0 Å². The Morgan fingerprint density at radius 2 is 2.00 bits per heavy atom. The van der Waals surface area contributed by atoms with Gasteiger partial charge in [-0.25, -0.2) is 9.97 Å². The van der Waals surface area contributed by atoms with Crippen LogP contribution >= 0.6 is 0 Å². The number of rotatable bonds is 4. The summed E-state index contributed by atoms with van der Waals surface area (Å²) in [5.74, 6) is 0.488. The third kappa shape index (κ3) is 4.69. The fraction of sp³-hybridized carbons (Fsp3) is 0.615. The Labute approximate surface area is 108 Å². The van der Waals surface area contributed by atoms with Gasteiger partial charge in [-0.1, -0.05) is 6.92 Å². The third-order valence-electron chi connectivity index (χ3n) is 2.38. The van der Waals surface area contributed by atoms with Crippen LogP contribution in [0.4, 0.5) is 5.82 Å². The van der Waals surface area contributed by atoms with E-state index in [1.807, 2.05) is 20.8 Å². The van der Waals surface area contributed by atoms with Gasteiger partial charge in [-0.2, -0.15) is 0 Å². The molecule has 1 amide bonds. The third-order valence-corrected chi connectivity index (χ3v) is 2.38. The van der Waals surface area contributed by atoms with Crippen LogP contribution < -0.4 is 10.6 Å². The van der Waals surface area contributed by atoms with Gasteiger partial charge in [0.15, 0.2) is 0 Å². The molecule has 0 radical (unpaired) electrons. The van der Waals surface area contributed by atoms with Gasteiger partial charge in [0.25, 0.3) is 5.91 Å². The Kier molecular flexibility index (Phi) is 4.64. The van der Waals surface area contributed by atoms with Crippen molar-refractivity contribution in [2.45, 2.75) is 52.6 Å². The monoisotopic (exact) mass is 250 g/mol. The van der Waals surface area contributed by atoms with Crippen molar-refractivity contribution in [3.05, 3.63) is 18.1 Å². The Bertz CT molecular complexity index is 394. The van der Waals surface area contributed by atoms with Crippen LogP contribution in [0.1, 0.15) is 51.5 Å². The number of amides is 1. The van der Waals surface area contributed by atoms with Crippen molar-refractivity contribution in [3.8, 4) is 0 Å². The second kappa shape index (κ2) is 5.80. The maximum Gasteiger partial charge on any atom is 0.271 e. The number of anilines is 1. The molecule has 0 bridgehead atoms. The van der Waals surface area contributed by atoms with E-state index in [0.717, 1.165) is 6.42 Å². The van der Waals surface area contributed by atoms with Crippen molar-refractivity contribution >= 4 is 11.7 Å². The molecule has 0 saturated heterocycles. The zero-order valence-electron chi connectivity index (χ0n) is 11.7. The fourth-order valence-corrected chi connectivity index (χ4v) is 1.28. The van der Waals surface area contributed by atoms with Gasteiger partial charge in [-0.05, 0) is 34.1 Å². The van der Waals surface area contributed by atoms with Crippen LogP contribution in [0.3, 0.4) is 0 Å². The molecule has 5 heteroatoms. The van der Waals surface area contributed by atoms with E-state index in [4.69, 9.17) is 0 Å². The number of carbonyl (C=O) groups is 1. The molecule has 0 aliphatic carbocycles. The lowest BCUT2D eigenvalue weighted by Gasteiger charge is -2.20. The summed E-state index contributed by atoms with van der Waals surface area (Å²) in [6.07, 6.45) is 4.09. The van der Waals surface area contributed by atoms with E-state index in [9.17, 15) is 4.79 Å². The van der Waals surface area contributed by atoms with Crippen molar-refractivity contribution < 1.29 is 4.79 Å². The highest BCUT2D eigenvalue weighted by atomic mass is 16.2. The van der Waals surface area contributed by atoms with Crippen molar-refractivity contribution in [2.75, 3.05) is 5.32 Å². The van der Waals surface area contributed by atoms with E-state index >= 15 is 0 Å². The van der Waals surface area contributed by atoms with E-state index in [2.05, 4.69) is 34.4 Å². The van der Waals surface area contributed by atoms with Crippen molar-refractivity contribution in [3.63, 3.8) is 0 Å². The van der Waals surface area contributed by atoms with Gasteiger partial charge in [0.05, 0.1) is 12.4 Å². The molecule has 0 saturated carbocycles. The number of carbonyl (C=O) groups excluding carboxylic acids is 1. The summed E-state index contributed by atoms with van der Waals surface area (Å²) in [5, 5.41) is 6.05. The first-order valence-electron chi connectivity index (χ1n) is 6.23. The number of aromatic nitrogens is 2. The minimum Gasteiger partial charge on any atom is -0.366 e. The predicted octanol–water partition coefficient (Wildman–Crippen LogP) is 2.22. The van der Waals surface area contributed by atoms with E-state index in [0.29, 0.717) is 17.6 Å². The van der Waals surface area contributed by atoms with E-state index in [-0.39, 0.29) is 11.4 Å². The molecule has 0 fully saturated rings. The lowest BCUT2D eigenvalue weighted by Crippen LogP contribution is -2.41. The molecule has 1 heterocycles. The van der Waals surface area contributed by atoms with E-state index in [1.165, 1.54) is 6.20 Å².